The highest BCUT2D eigenvalue weighted by molar-refractivity contribution is 5.90. The molecule has 5 rings (SSSR count). The molecule has 32 heavy (non-hydrogen) atoms. The van der Waals surface area contributed by atoms with E-state index in [1.54, 1.807) is 29.8 Å². The number of rotatable bonds is 7. The predicted octanol–water partition coefficient (Wildman–Crippen LogP) is 3.80. The molecule has 1 aliphatic heterocycles. The van der Waals surface area contributed by atoms with Crippen LogP contribution in [-0.4, -0.2) is 39.5 Å². The van der Waals surface area contributed by atoms with Crippen molar-refractivity contribution in [3.8, 4) is 11.6 Å². The number of Topliss-reactive ketones (excluding diaryl/α,β-unsaturated/α-hetero) is 1. The van der Waals surface area contributed by atoms with Crippen LogP contribution >= 0.6 is 0 Å². The van der Waals surface area contributed by atoms with Gasteiger partial charge in [0, 0.05) is 24.3 Å². The number of carbonyl (C=O) groups is 2. The van der Waals surface area contributed by atoms with Crippen molar-refractivity contribution in [1.82, 2.24) is 14.6 Å². The minimum Gasteiger partial charge on any atom is -0.438 e. The van der Waals surface area contributed by atoms with Gasteiger partial charge in [-0.15, -0.1) is 5.10 Å². The van der Waals surface area contributed by atoms with Gasteiger partial charge in [-0.2, -0.15) is 0 Å². The Hall–Kier alpha value is -3.26. The number of amides is 1. The lowest BCUT2D eigenvalue weighted by atomic mass is 9.83. The number of carbonyl (C=O) groups excluding carboxylic acids is 2. The van der Waals surface area contributed by atoms with Crippen LogP contribution in [0.15, 0.2) is 42.6 Å². The average Bonchev–Trinajstić information content (AvgIpc) is 3.31. The zero-order valence-electron chi connectivity index (χ0n) is 18.0. The van der Waals surface area contributed by atoms with Crippen LogP contribution in [0.2, 0.25) is 0 Å². The summed E-state index contributed by atoms with van der Waals surface area (Å²) < 4.78 is 12.8. The number of nitrogens with one attached hydrogen (secondary N) is 1. The third kappa shape index (κ3) is 4.50. The van der Waals surface area contributed by atoms with Crippen LogP contribution < -0.4 is 10.1 Å². The maximum absolute atomic E-state index is 12.5. The molecular weight excluding hydrogens is 408 g/mol. The lowest BCUT2D eigenvalue weighted by molar-refractivity contribution is -0.119. The molecule has 1 aliphatic carbocycles. The highest BCUT2D eigenvalue weighted by Gasteiger charge is 2.45. The summed E-state index contributed by atoms with van der Waals surface area (Å²) in [6.45, 7) is 3.25. The first-order valence-electron chi connectivity index (χ1n) is 11.0. The zero-order chi connectivity index (χ0) is 22.1. The quantitative estimate of drug-likeness (QED) is 0.608. The van der Waals surface area contributed by atoms with E-state index in [1.165, 1.54) is 0 Å². The van der Waals surface area contributed by atoms with Gasteiger partial charge in [0.25, 0.3) is 0 Å². The van der Waals surface area contributed by atoms with Crippen LogP contribution in [0.1, 0.15) is 38.2 Å². The van der Waals surface area contributed by atoms with E-state index in [4.69, 9.17) is 9.47 Å². The lowest BCUT2D eigenvalue weighted by Gasteiger charge is -2.38. The van der Waals surface area contributed by atoms with Gasteiger partial charge < -0.3 is 14.8 Å². The van der Waals surface area contributed by atoms with Gasteiger partial charge in [-0.25, -0.2) is 9.50 Å². The third-order valence-corrected chi connectivity index (χ3v) is 6.23. The Balaban J connectivity index is 1.22. The van der Waals surface area contributed by atoms with Gasteiger partial charge in [-0.1, -0.05) is 12.1 Å². The molecule has 2 aromatic heterocycles. The molecule has 1 unspecified atom stereocenters. The largest absolute Gasteiger partial charge is 0.438 e. The van der Waals surface area contributed by atoms with Crippen LogP contribution in [0.5, 0.6) is 11.6 Å². The monoisotopic (exact) mass is 434 g/mol. The maximum atomic E-state index is 12.5. The molecule has 0 radical (unpaired) electrons. The van der Waals surface area contributed by atoms with Gasteiger partial charge in [0.2, 0.25) is 11.8 Å². The number of hydrogen-bond acceptors (Lipinski definition) is 6. The van der Waals surface area contributed by atoms with Gasteiger partial charge in [0.05, 0.1) is 19.4 Å². The second kappa shape index (κ2) is 8.35. The number of anilines is 1. The highest BCUT2D eigenvalue weighted by atomic mass is 16.5. The van der Waals surface area contributed by atoms with Crippen molar-refractivity contribution in [2.45, 2.75) is 39.0 Å². The first-order chi connectivity index (χ1) is 15.5. The van der Waals surface area contributed by atoms with Crippen molar-refractivity contribution < 1.29 is 19.1 Å². The van der Waals surface area contributed by atoms with E-state index in [9.17, 15) is 9.59 Å². The Morgan fingerprint density at radius 1 is 1.28 bits per heavy atom. The molecule has 1 N–H and O–H groups in total. The van der Waals surface area contributed by atoms with Crippen molar-refractivity contribution >= 4 is 23.2 Å². The summed E-state index contributed by atoms with van der Waals surface area (Å²) >= 11 is 0. The van der Waals surface area contributed by atoms with Crippen LogP contribution in [0.3, 0.4) is 0 Å². The Kier molecular flexibility index (Phi) is 5.38. The summed E-state index contributed by atoms with van der Waals surface area (Å²) in [5.74, 6) is 1.96. The summed E-state index contributed by atoms with van der Waals surface area (Å²) in [6, 6.07) is 10.9. The van der Waals surface area contributed by atoms with E-state index < -0.39 is 0 Å². The number of nitrogens with zero attached hydrogens (tertiary/aromatic N) is 3. The van der Waals surface area contributed by atoms with E-state index in [2.05, 4.69) is 15.4 Å². The third-order valence-electron chi connectivity index (χ3n) is 6.23. The molecule has 166 valence electrons. The zero-order valence-corrected chi connectivity index (χ0v) is 18.0. The minimum atomic E-state index is -0.0190. The smallest absolute Gasteiger partial charge is 0.237 e. The van der Waals surface area contributed by atoms with Crippen LogP contribution in [0, 0.1) is 11.3 Å². The first-order valence-corrected chi connectivity index (χ1v) is 11.0. The molecule has 1 amide bonds. The topological polar surface area (TPSA) is 94.8 Å². The van der Waals surface area contributed by atoms with Crippen LogP contribution in [-0.2, 0) is 20.7 Å². The molecule has 1 spiro atoms. The van der Waals surface area contributed by atoms with Gasteiger partial charge >= 0.3 is 0 Å². The summed E-state index contributed by atoms with van der Waals surface area (Å²) in [5.41, 5.74) is 1.84. The second-order valence-corrected chi connectivity index (χ2v) is 9.08. The molecule has 3 aromatic rings. The number of hydrogen-bond donors (Lipinski definition) is 1. The average molecular weight is 434 g/mol. The van der Waals surface area contributed by atoms with Crippen molar-refractivity contribution in [3.63, 3.8) is 0 Å². The Bertz CT molecular complexity index is 1170. The van der Waals surface area contributed by atoms with Crippen molar-refractivity contribution in [2.24, 2.45) is 11.3 Å². The highest BCUT2D eigenvalue weighted by Crippen LogP contribution is 2.47. The molecule has 8 nitrogen and oxygen atoms in total. The normalized spacial score (nSPS) is 19.1. The molecule has 2 fully saturated rings. The first kappa shape index (κ1) is 20.6. The Morgan fingerprint density at radius 3 is 2.91 bits per heavy atom. The number of fused-ring (bicyclic) bond motifs is 1. The number of ether oxygens (including phenoxy) is 2. The van der Waals surface area contributed by atoms with E-state index in [-0.39, 0.29) is 11.7 Å². The van der Waals surface area contributed by atoms with Crippen LogP contribution in [0.4, 0.5) is 5.82 Å². The number of aromatic nitrogens is 3. The van der Waals surface area contributed by atoms with Crippen molar-refractivity contribution in [1.29, 1.82) is 0 Å². The van der Waals surface area contributed by atoms with Crippen LogP contribution in [0.25, 0.3) is 5.65 Å². The molecule has 1 saturated carbocycles. The van der Waals surface area contributed by atoms with Crippen molar-refractivity contribution in [2.75, 3.05) is 18.5 Å². The van der Waals surface area contributed by atoms with E-state index >= 15 is 0 Å². The van der Waals surface area contributed by atoms with Gasteiger partial charge in [0.1, 0.15) is 11.5 Å². The number of benzene rings is 1. The fraction of sp³-hybridized carbons (Fsp3) is 0.417. The maximum Gasteiger partial charge on any atom is 0.237 e. The SMILES string of the molecule is CC(=O)Cc1cccc(Oc2ccc3nc(NC(=O)CC4CCC5(COC5)C4)cn3n2)c1. The molecule has 1 saturated heterocycles. The molecule has 3 heterocycles. The Labute approximate surface area is 185 Å². The summed E-state index contributed by atoms with van der Waals surface area (Å²) in [4.78, 5) is 28.3. The fourth-order valence-electron chi connectivity index (χ4n) is 4.72. The number of ketones is 1. The molecule has 2 aliphatic rings. The lowest BCUT2D eigenvalue weighted by Crippen LogP contribution is -2.40. The fourth-order valence-corrected chi connectivity index (χ4v) is 4.72. The molecule has 1 aromatic carbocycles. The second-order valence-electron chi connectivity index (χ2n) is 9.08. The summed E-state index contributed by atoms with van der Waals surface area (Å²) in [6.07, 6.45) is 5.86. The molecular formula is C24H26N4O4. The van der Waals surface area contributed by atoms with E-state index in [0.29, 0.717) is 47.3 Å². The van der Waals surface area contributed by atoms with Gasteiger partial charge in [-0.05, 0) is 55.9 Å². The molecule has 8 heteroatoms. The van der Waals surface area contributed by atoms with Gasteiger partial charge in [-0.3, -0.25) is 9.59 Å². The molecule has 0 bridgehead atoms. The van der Waals surface area contributed by atoms with Gasteiger partial charge in [0.15, 0.2) is 11.5 Å². The Morgan fingerprint density at radius 2 is 2.16 bits per heavy atom. The van der Waals surface area contributed by atoms with Crippen molar-refractivity contribution in [3.05, 3.63) is 48.2 Å². The summed E-state index contributed by atoms with van der Waals surface area (Å²) in [5, 5.41) is 7.33. The standard InChI is InChI=1S/C24H26N4O4/c1-16(29)9-17-3-2-4-19(10-17)32-23-6-5-21-25-20(13-28(21)27-23)26-22(30)11-18-7-8-24(12-18)14-31-15-24/h2-6,10,13,18H,7-9,11-12,14-15H2,1H3,(H,26,30). The summed E-state index contributed by atoms with van der Waals surface area (Å²) in [7, 11) is 0. The van der Waals surface area contributed by atoms with E-state index in [1.807, 2.05) is 24.3 Å². The molecule has 1 atom stereocenters. The number of imidazole rings is 1. The van der Waals surface area contributed by atoms with E-state index in [0.717, 1.165) is 38.0 Å². The minimum absolute atomic E-state index is 0.0190. The predicted molar refractivity (Wildman–Crippen MR) is 118 cm³/mol.